The van der Waals surface area contributed by atoms with Crippen molar-refractivity contribution in [3.8, 4) is 0 Å². The van der Waals surface area contributed by atoms with Gasteiger partial charge >= 0.3 is 0 Å². The molecule has 0 bridgehead atoms. The quantitative estimate of drug-likeness (QED) is 0.677. The molecule has 0 aliphatic carbocycles. The number of rotatable bonds is 5. The summed E-state index contributed by atoms with van der Waals surface area (Å²) in [5.41, 5.74) is -1.35. The van der Waals surface area contributed by atoms with Crippen molar-refractivity contribution in [2.75, 3.05) is 6.61 Å². The molecule has 0 saturated carbocycles. The molecule has 1 aromatic carbocycles. The third kappa shape index (κ3) is 4.86. The standard InChI is InChI=1S/C19H20BrF2NO3/c1-19(2,3)26-10-16(24)14-9-23(4)18(25)17(22)13(14)7-11-5-6-12(20)8-15(11)21/h5-6,8-9H,7,10H2,1-4H3. The lowest BCUT2D eigenvalue weighted by Gasteiger charge is -2.19. The Morgan fingerprint density at radius 3 is 2.50 bits per heavy atom. The number of aromatic nitrogens is 1. The summed E-state index contributed by atoms with van der Waals surface area (Å²) in [4.78, 5) is 24.5. The van der Waals surface area contributed by atoms with E-state index in [1.807, 2.05) is 0 Å². The van der Waals surface area contributed by atoms with E-state index in [9.17, 15) is 18.4 Å². The second-order valence-corrected chi connectivity index (χ2v) is 7.90. The number of nitrogens with zero attached hydrogens (tertiary/aromatic N) is 1. The molecular weight excluding hydrogens is 408 g/mol. The van der Waals surface area contributed by atoms with Crippen molar-refractivity contribution >= 4 is 21.7 Å². The number of hydrogen-bond donors (Lipinski definition) is 0. The van der Waals surface area contributed by atoms with Crippen LogP contribution in [0.4, 0.5) is 8.78 Å². The van der Waals surface area contributed by atoms with E-state index < -0.39 is 28.6 Å². The fraction of sp³-hybridized carbons (Fsp3) is 0.368. The number of benzene rings is 1. The normalized spacial score (nSPS) is 11.7. The highest BCUT2D eigenvalue weighted by Crippen LogP contribution is 2.22. The number of carbonyl (C=O) groups excluding carboxylic acids is 1. The van der Waals surface area contributed by atoms with Crippen molar-refractivity contribution < 1.29 is 18.3 Å². The predicted molar refractivity (Wildman–Crippen MR) is 98.6 cm³/mol. The molecule has 0 fully saturated rings. The third-order valence-corrected chi connectivity index (χ3v) is 4.23. The van der Waals surface area contributed by atoms with Gasteiger partial charge in [-0.2, -0.15) is 0 Å². The molecule has 2 rings (SSSR count). The number of halogens is 3. The third-order valence-electron chi connectivity index (χ3n) is 3.74. The summed E-state index contributed by atoms with van der Waals surface area (Å²) in [6.45, 7) is 5.11. The molecule has 1 aromatic heterocycles. The number of pyridine rings is 1. The van der Waals surface area contributed by atoms with Gasteiger partial charge in [-0.1, -0.05) is 22.0 Å². The van der Waals surface area contributed by atoms with Crippen LogP contribution in [0, 0.1) is 11.6 Å². The second-order valence-electron chi connectivity index (χ2n) is 6.99. The van der Waals surface area contributed by atoms with Crippen LogP contribution >= 0.6 is 15.9 Å². The van der Waals surface area contributed by atoms with Gasteiger partial charge in [0, 0.05) is 35.3 Å². The number of ether oxygens (including phenoxy) is 1. The molecular formula is C19H20BrF2NO3. The Bertz CT molecular complexity index is 901. The SMILES string of the molecule is Cn1cc(C(=O)COC(C)(C)C)c(Cc2ccc(Br)cc2F)c(F)c1=O. The average Bonchev–Trinajstić information content (AvgIpc) is 2.54. The highest BCUT2D eigenvalue weighted by Gasteiger charge is 2.22. The molecule has 0 atom stereocenters. The Kier molecular flexibility index (Phi) is 6.13. The van der Waals surface area contributed by atoms with Crippen molar-refractivity contribution in [3.05, 3.63) is 67.5 Å². The van der Waals surface area contributed by atoms with Crippen molar-refractivity contribution in [2.45, 2.75) is 32.8 Å². The van der Waals surface area contributed by atoms with Crippen LogP contribution in [0.15, 0.2) is 33.7 Å². The van der Waals surface area contributed by atoms with Gasteiger partial charge in [0.1, 0.15) is 12.4 Å². The van der Waals surface area contributed by atoms with Crippen LogP contribution in [0.1, 0.15) is 42.3 Å². The summed E-state index contributed by atoms with van der Waals surface area (Å²) in [5.74, 6) is -2.08. The number of hydrogen-bond acceptors (Lipinski definition) is 3. The van der Waals surface area contributed by atoms with E-state index in [1.54, 1.807) is 26.8 Å². The molecule has 2 aromatic rings. The Balaban J connectivity index is 2.48. The number of carbonyl (C=O) groups is 1. The van der Waals surface area contributed by atoms with E-state index >= 15 is 0 Å². The summed E-state index contributed by atoms with van der Waals surface area (Å²) in [7, 11) is 1.36. The minimum absolute atomic E-state index is 0.0103. The largest absolute Gasteiger partial charge is 0.368 e. The lowest BCUT2D eigenvalue weighted by atomic mass is 9.98. The van der Waals surface area contributed by atoms with Gasteiger partial charge in [-0.15, -0.1) is 0 Å². The van der Waals surface area contributed by atoms with E-state index in [-0.39, 0.29) is 29.7 Å². The Morgan fingerprint density at radius 2 is 1.92 bits per heavy atom. The first-order valence-corrected chi connectivity index (χ1v) is 8.78. The zero-order valence-corrected chi connectivity index (χ0v) is 16.6. The summed E-state index contributed by atoms with van der Waals surface area (Å²) >= 11 is 3.16. The lowest BCUT2D eigenvalue weighted by Crippen LogP contribution is -2.28. The lowest BCUT2D eigenvalue weighted by molar-refractivity contribution is 0.00298. The average molecular weight is 428 g/mol. The maximum Gasteiger partial charge on any atom is 0.286 e. The highest BCUT2D eigenvalue weighted by atomic mass is 79.9. The summed E-state index contributed by atoms with van der Waals surface area (Å²) in [6, 6.07) is 4.34. The van der Waals surface area contributed by atoms with Gasteiger partial charge < -0.3 is 9.30 Å². The van der Waals surface area contributed by atoms with Crippen LogP contribution < -0.4 is 5.56 Å². The van der Waals surface area contributed by atoms with Crippen LogP contribution in [0.3, 0.4) is 0 Å². The monoisotopic (exact) mass is 427 g/mol. The summed E-state index contributed by atoms with van der Waals surface area (Å²) < 4.78 is 35.7. The van der Waals surface area contributed by atoms with Gasteiger partial charge in [-0.05, 0) is 38.5 Å². The fourth-order valence-electron chi connectivity index (χ4n) is 2.36. The van der Waals surface area contributed by atoms with Crippen LogP contribution in [-0.2, 0) is 18.2 Å². The molecule has 0 aliphatic heterocycles. The Hall–Kier alpha value is -1.86. The molecule has 0 N–H and O–H groups in total. The van der Waals surface area contributed by atoms with Gasteiger partial charge in [0.25, 0.3) is 5.56 Å². The zero-order chi connectivity index (χ0) is 19.6. The van der Waals surface area contributed by atoms with Crippen molar-refractivity contribution in [1.82, 2.24) is 4.57 Å². The van der Waals surface area contributed by atoms with E-state index in [0.29, 0.717) is 4.47 Å². The maximum atomic E-state index is 14.6. The topological polar surface area (TPSA) is 48.3 Å². The molecule has 0 saturated heterocycles. The van der Waals surface area contributed by atoms with Crippen LogP contribution in [0.2, 0.25) is 0 Å². The maximum absolute atomic E-state index is 14.6. The van der Waals surface area contributed by atoms with Crippen molar-refractivity contribution in [3.63, 3.8) is 0 Å². The molecule has 7 heteroatoms. The van der Waals surface area contributed by atoms with E-state index in [0.717, 1.165) is 4.57 Å². The molecule has 26 heavy (non-hydrogen) atoms. The molecule has 4 nitrogen and oxygen atoms in total. The predicted octanol–water partition coefficient (Wildman–Crippen LogP) is 4.01. The minimum Gasteiger partial charge on any atom is -0.368 e. The smallest absolute Gasteiger partial charge is 0.286 e. The first-order valence-electron chi connectivity index (χ1n) is 7.98. The molecule has 0 spiro atoms. The van der Waals surface area contributed by atoms with Gasteiger partial charge in [0.2, 0.25) is 0 Å². The first kappa shape index (κ1) is 20.5. The molecule has 0 amide bonds. The van der Waals surface area contributed by atoms with Crippen molar-refractivity contribution in [1.29, 1.82) is 0 Å². The van der Waals surface area contributed by atoms with Gasteiger partial charge in [-0.3, -0.25) is 9.59 Å². The molecule has 0 radical (unpaired) electrons. The van der Waals surface area contributed by atoms with E-state index in [1.165, 1.54) is 25.4 Å². The van der Waals surface area contributed by atoms with Gasteiger partial charge in [0.15, 0.2) is 11.6 Å². The molecule has 0 unspecified atom stereocenters. The second kappa shape index (κ2) is 7.80. The number of Topliss-reactive ketones (excluding diaryl/α,β-unsaturated/α-hetero) is 1. The van der Waals surface area contributed by atoms with Crippen molar-refractivity contribution in [2.24, 2.45) is 7.05 Å². The first-order chi connectivity index (χ1) is 12.0. The molecule has 0 aliphatic rings. The van der Waals surface area contributed by atoms with Gasteiger partial charge in [0.05, 0.1) is 5.60 Å². The highest BCUT2D eigenvalue weighted by molar-refractivity contribution is 9.10. The Labute approximate surface area is 158 Å². The van der Waals surface area contributed by atoms with Crippen LogP contribution in [-0.4, -0.2) is 22.6 Å². The van der Waals surface area contributed by atoms with Gasteiger partial charge in [-0.25, -0.2) is 8.78 Å². The van der Waals surface area contributed by atoms with E-state index in [2.05, 4.69) is 15.9 Å². The fourth-order valence-corrected chi connectivity index (χ4v) is 2.69. The minimum atomic E-state index is -1.06. The van der Waals surface area contributed by atoms with Crippen LogP contribution in [0.5, 0.6) is 0 Å². The molecule has 1 heterocycles. The summed E-state index contributed by atoms with van der Waals surface area (Å²) in [5, 5.41) is 0. The Morgan fingerprint density at radius 1 is 1.27 bits per heavy atom. The summed E-state index contributed by atoms with van der Waals surface area (Å²) in [6.07, 6.45) is 1.06. The zero-order valence-electron chi connectivity index (χ0n) is 15.0. The number of ketones is 1. The van der Waals surface area contributed by atoms with E-state index in [4.69, 9.17) is 4.74 Å². The molecule has 140 valence electrons. The van der Waals surface area contributed by atoms with Crippen LogP contribution in [0.25, 0.3) is 0 Å². The number of aryl methyl sites for hydroxylation is 1.